The van der Waals surface area contributed by atoms with E-state index in [-0.39, 0.29) is 11.8 Å². The molecule has 24 heavy (non-hydrogen) atoms. The number of hydrogen-bond donors (Lipinski definition) is 2. The number of carboxylic acid groups (broad SMARTS) is 1. The molecule has 1 aromatic carbocycles. The van der Waals surface area contributed by atoms with E-state index in [0.29, 0.717) is 12.1 Å². The Morgan fingerprint density at radius 2 is 2.08 bits per heavy atom. The van der Waals surface area contributed by atoms with Crippen molar-refractivity contribution in [2.24, 2.45) is 7.05 Å². The lowest BCUT2D eigenvalue weighted by Gasteiger charge is -2.28. The van der Waals surface area contributed by atoms with Crippen LogP contribution in [0.1, 0.15) is 46.8 Å². The van der Waals surface area contributed by atoms with Gasteiger partial charge in [0.1, 0.15) is 11.7 Å². The number of aryl methyl sites for hydroxylation is 2. The summed E-state index contributed by atoms with van der Waals surface area (Å²) in [5.41, 5.74) is 2.99. The molecule has 1 aliphatic carbocycles. The van der Waals surface area contributed by atoms with Crippen LogP contribution in [0.15, 0.2) is 42.6 Å². The van der Waals surface area contributed by atoms with Crippen molar-refractivity contribution in [2.45, 2.75) is 37.6 Å². The maximum Gasteiger partial charge on any atom is 0.326 e. The Labute approximate surface area is 141 Å². The standard InChI is InChI=1S/C19H22N2O3/c1-21-11-5-10-17(21)18(22)20-16(19(23)24)12-14-8-4-7-13-6-2-3-9-15(13)14/h2-3,5-6,9-11,14,16H,4,7-8,12H2,1H3,(H,20,22)(H,23,24). The molecule has 0 radical (unpaired) electrons. The number of hydrogen-bond acceptors (Lipinski definition) is 2. The van der Waals surface area contributed by atoms with Crippen molar-refractivity contribution in [3.63, 3.8) is 0 Å². The van der Waals surface area contributed by atoms with Gasteiger partial charge in [0.25, 0.3) is 5.91 Å². The third-order valence-electron chi connectivity index (χ3n) is 4.79. The van der Waals surface area contributed by atoms with Crippen LogP contribution in [0, 0.1) is 0 Å². The molecule has 1 amide bonds. The molecule has 5 heteroatoms. The Bertz CT molecular complexity index is 751. The molecule has 2 N–H and O–H groups in total. The SMILES string of the molecule is Cn1cccc1C(=O)NC(CC1CCCc2ccccc21)C(=O)O. The van der Waals surface area contributed by atoms with Crippen molar-refractivity contribution in [1.29, 1.82) is 0 Å². The summed E-state index contributed by atoms with van der Waals surface area (Å²) in [7, 11) is 1.77. The van der Waals surface area contributed by atoms with Gasteiger partial charge in [-0.15, -0.1) is 0 Å². The number of carbonyl (C=O) groups excluding carboxylic acids is 1. The van der Waals surface area contributed by atoms with Crippen LogP contribution in [-0.2, 0) is 18.3 Å². The Balaban J connectivity index is 1.75. The lowest BCUT2D eigenvalue weighted by Crippen LogP contribution is -2.42. The predicted octanol–water partition coefficient (Wildman–Crippen LogP) is 2.72. The fourth-order valence-corrected chi connectivity index (χ4v) is 3.53. The summed E-state index contributed by atoms with van der Waals surface area (Å²) in [5, 5.41) is 12.2. The minimum absolute atomic E-state index is 0.171. The van der Waals surface area contributed by atoms with E-state index in [1.54, 1.807) is 29.9 Å². The highest BCUT2D eigenvalue weighted by Gasteiger charge is 2.28. The van der Waals surface area contributed by atoms with Gasteiger partial charge in [-0.1, -0.05) is 24.3 Å². The van der Waals surface area contributed by atoms with E-state index in [0.717, 1.165) is 19.3 Å². The lowest BCUT2D eigenvalue weighted by atomic mass is 9.79. The zero-order valence-corrected chi connectivity index (χ0v) is 13.7. The van der Waals surface area contributed by atoms with Gasteiger partial charge in [-0.05, 0) is 54.9 Å². The van der Waals surface area contributed by atoms with E-state index in [1.165, 1.54) is 11.1 Å². The molecule has 2 atom stereocenters. The molecule has 1 aromatic heterocycles. The molecule has 1 heterocycles. The van der Waals surface area contributed by atoms with Gasteiger partial charge in [0.15, 0.2) is 0 Å². The number of carbonyl (C=O) groups is 2. The quantitative estimate of drug-likeness (QED) is 0.887. The smallest absolute Gasteiger partial charge is 0.326 e. The second kappa shape index (κ2) is 6.91. The topological polar surface area (TPSA) is 71.3 Å². The van der Waals surface area contributed by atoms with Crippen LogP contribution in [0.3, 0.4) is 0 Å². The first-order valence-electron chi connectivity index (χ1n) is 8.29. The molecule has 126 valence electrons. The Hall–Kier alpha value is -2.56. The maximum absolute atomic E-state index is 12.3. The van der Waals surface area contributed by atoms with Gasteiger partial charge in [-0.2, -0.15) is 0 Å². The van der Waals surface area contributed by atoms with Gasteiger partial charge in [0.2, 0.25) is 0 Å². The summed E-state index contributed by atoms with van der Waals surface area (Å²) in [4.78, 5) is 24.0. The van der Waals surface area contributed by atoms with Crippen molar-refractivity contribution in [2.75, 3.05) is 0 Å². The number of nitrogens with zero attached hydrogens (tertiary/aromatic N) is 1. The van der Waals surface area contributed by atoms with Crippen molar-refractivity contribution < 1.29 is 14.7 Å². The van der Waals surface area contributed by atoms with Crippen molar-refractivity contribution >= 4 is 11.9 Å². The number of fused-ring (bicyclic) bond motifs is 1. The van der Waals surface area contributed by atoms with E-state index in [2.05, 4.69) is 17.4 Å². The highest BCUT2D eigenvalue weighted by Crippen LogP contribution is 2.34. The van der Waals surface area contributed by atoms with E-state index >= 15 is 0 Å². The number of aromatic nitrogens is 1. The lowest BCUT2D eigenvalue weighted by molar-refractivity contribution is -0.139. The third kappa shape index (κ3) is 3.35. The Morgan fingerprint density at radius 3 is 2.79 bits per heavy atom. The van der Waals surface area contributed by atoms with E-state index < -0.39 is 12.0 Å². The van der Waals surface area contributed by atoms with Crippen LogP contribution in [0.25, 0.3) is 0 Å². The molecule has 3 rings (SSSR count). The molecule has 0 saturated heterocycles. The number of aliphatic carboxylic acids is 1. The molecular formula is C19H22N2O3. The van der Waals surface area contributed by atoms with Gasteiger partial charge >= 0.3 is 5.97 Å². The molecule has 0 saturated carbocycles. The maximum atomic E-state index is 12.3. The number of benzene rings is 1. The molecule has 0 fully saturated rings. The van der Waals surface area contributed by atoms with Gasteiger partial charge < -0.3 is 15.0 Å². The van der Waals surface area contributed by atoms with Gasteiger partial charge in [0.05, 0.1) is 0 Å². The normalized spacial score (nSPS) is 17.8. The zero-order chi connectivity index (χ0) is 17.1. The van der Waals surface area contributed by atoms with Gasteiger partial charge in [0, 0.05) is 13.2 Å². The van der Waals surface area contributed by atoms with Gasteiger partial charge in [-0.25, -0.2) is 4.79 Å². The summed E-state index contributed by atoms with van der Waals surface area (Å²) >= 11 is 0. The van der Waals surface area contributed by atoms with Crippen LogP contribution in [-0.4, -0.2) is 27.6 Å². The second-order valence-corrected chi connectivity index (χ2v) is 6.39. The fraction of sp³-hybridized carbons (Fsp3) is 0.368. The molecule has 1 aliphatic rings. The Morgan fingerprint density at radius 1 is 1.29 bits per heavy atom. The largest absolute Gasteiger partial charge is 0.480 e. The third-order valence-corrected chi connectivity index (χ3v) is 4.79. The first-order chi connectivity index (χ1) is 11.6. The summed E-state index contributed by atoms with van der Waals surface area (Å²) in [6.07, 6.45) is 5.24. The van der Waals surface area contributed by atoms with E-state index in [9.17, 15) is 14.7 Å². The number of nitrogens with one attached hydrogen (secondary N) is 1. The minimum atomic E-state index is -0.986. The summed E-state index contributed by atoms with van der Waals surface area (Å²) < 4.78 is 1.68. The molecular weight excluding hydrogens is 304 g/mol. The highest BCUT2D eigenvalue weighted by molar-refractivity contribution is 5.95. The second-order valence-electron chi connectivity index (χ2n) is 6.39. The summed E-state index contributed by atoms with van der Waals surface area (Å²) in [5.74, 6) is -1.16. The summed E-state index contributed by atoms with van der Waals surface area (Å²) in [6.45, 7) is 0. The number of rotatable bonds is 5. The zero-order valence-electron chi connectivity index (χ0n) is 13.7. The minimum Gasteiger partial charge on any atom is -0.480 e. The fourth-order valence-electron chi connectivity index (χ4n) is 3.53. The van der Waals surface area contributed by atoms with E-state index in [1.807, 2.05) is 12.1 Å². The van der Waals surface area contributed by atoms with Gasteiger partial charge in [-0.3, -0.25) is 4.79 Å². The van der Waals surface area contributed by atoms with Crippen LogP contribution in [0.2, 0.25) is 0 Å². The van der Waals surface area contributed by atoms with Crippen molar-refractivity contribution in [3.05, 3.63) is 59.4 Å². The van der Waals surface area contributed by atoms with Crippen LogP contribution >= 0.6 is 0 Å². The van der Waals surface area contributed by atoms with Crippen LogP contribution < -0.4 is 5.32 Å². The first-order valence-corrected chi connectivity index (χ1v) is 8.29. The Kier molecular flexibility index (Phi) is 4.69. The summed E-state index contributed by atoms with van der Waals surface area (Å²) in [6, 6.07) is 10.8. The monoisotopic (exact) mass is 326 g/mol. The van der Waals surface area contributed by atoms with Crippen LogP contribution in [0.4, 0.5) is 0 Å². The molecule has 0 bridgehead atoms. The number of amides is 1. The van der Waals surface area contributed by atoms with Crippen molar-refractivity contribution in [1.82, 2.24) is 9.88 Å². The average molecular weight is 326 g/mol. The predicted molar refractivity (Wildman–Crippen MR) is 91.0 cm³/mol. The van der Waals surface area contributed by atoms with E-state index in [4.69, 9.17) is 0 Å². The molecule has 2 aromatic rings. The average Bonchev–Trinajstić information content (AvgIpc) is 3.00. The molecule has 0 spiro atoms. The first kappa shape index (κ1) is 16.3. The molecule has 2 unspecified atom stereocenters. The number of carboxylic acids is 1. The molecule has 5 nitrogen and oxygen atoms in total. The van der Waals surface area contributed by atoms with Crippen LogP contribution in [0.5, 0.6) is 0 Å². The molecule has 0 aliphatic heterocycles. The highest BCUT2D eigenvalue weighted by atomic mass is 16.4. The van der Waals surface area contributed by atoms with Crippen molar-refractivity contribution in [3.8, 4) is 0 Å².